The molecule has 5 heteroatoms. The third kappa shape index (κ3) is 2.52. The summed E-state index contributed by atoms with van der Waals surface area (Å²) < 4.78 is 7.02. The molecule has 1 aromatic carbocycles. The Morgan fingerprint density at radius 2 is 2.10 bits per heavy atom. The third-order valence-electron chi connectivity index (χ3n) is 3.50. The maximum atomic E-state index is 12.2. The number of anilines is 1. The molecule has 0 bridgehead atoms. The molecule has 3 rings (SSSR count). The Morgan fingerprint density at radius 1 is 1.30 bits per heavy atom. The second-order valence-corrected chi connectivity index (χ2v) is 4.88. The van der Waals surface area contributed by atoms with Gasteiger partial charge in [-0.3, -0.25) is 9.48 Å². The molecule has 0 spiro atoms. The van der Waals surface area contributed by atoms with E-state index in [1.165, 1.54) is 6.42 Å². The van der Waals surface area contributed by atoms with Crippen molar-refractivity contribution in [3.05, 3.63) is 41.7 Å². The van der Waals surface area contributed by atoms with Crippen LogP contribution in [0.4, 0.5) is 5.69 Å². The number of benzene rings is 1. The van der Waals surface area contributed by atoms with Gasteiger partial charge < -0.3 is 10.1 Å². The Bertz CT molecular complexity index is 593. The van der Waals surface area contributed by atoms with Gasteiger partial charge in [-0.1, -0.05) is 0 Å². The van der Waals surface area contributed by atoms with Gasteiger partial charge in [0.25, 0.3) is 5.91 Å². The first-order valence-electron chi connectivity index (χ1n) is 6.78. The monoisotopic (exact) mass is 271 g/mol. The van der Waals surface area contributed by atoms with Gasteiger partial charge in [-0.25, -0.2) is 0 Å². The number of carbonyl (C=O) groups is 1. The average molecular weight is 271 g/mol. The van der Waals surface area contributed by atoms with Crippen LogP contribution in [0.3, 0.4) is 0 Å². The van der Waals surface area contributed by atoms with Gasteiger partial charge in [0.15, 0.2) is 5.69 Å². The predicted molar refractivity (Wildman–Crippen MR) is 76.1 cm³/mol. The van der Waals surface area contributed by atoms with E-state index < -0.39 is 0 Å². The fourth-order valence-corrected chi connectivity index (χ4v) is 2.40. The Kier molecular flexibility index (Phi) is 3.41. The van der Waals surface area contributed by atoms with Crippen molar-refractivity contribution >= 4 is 11.6 Å². The molecule has 0 radical (unpaired) electrons. The van der Waals surface area contributed by atoms with E-state index in [2.05, 4.69) is 10.4 Å². The molecule has 2 heterocycles. The number of hydrogen-bond donors (Lipinski definition) is 1. The minimum Gasteiger partial charge on any atom is -0.497 e. The summed E-state index contributed by atoms with van der Waals surface area (Å²) in [6, 6.07) is 9.14. The minimum atomic E-state index is -0.169. The van der Waals surface area contributed by atoms with E-state index in [1.807, 2.05) is 35.0 Å². The minimum absolute atomic E-state index is 0.169. The number of amides is 1. The van der Waals surface area contributed by atoms with Gasteiger partial charge in [-0.15, -0.1) is 0 Å². The molecule has 20 heavy (non-hydrogen) atoms. The fraction of sp³-hybridized carbons (Fsp3) is 0.333. The zero-order chi connectivity index (χ0) is 13.9. The molecular weight excluding hydrogens is 254 g/mol. The van der Waals surface area contributed by atoms with Crippen LogP contribution in [0.25, 0.3) is 0 Å². The van der Waals surface area contributed by atoms with Crippen LogP contribution >= 0.6 is 0 Å². The van der Waals surface area contributed by atoms with E-state index >= 15 is 0 Å². The van der Waals surface area contributed by atoms with E-state index in [-0.39, 0.29) is 5.91 Å². The van der Waals surface area contributed by atoms with Gasteiger partial charge in [0.1, 0.15) is 5.75 Å². The summed E-state index contributed by atoms with van der Waals surface area (Å²) >= 11 is 0. The highest BCUT2D eigenvalue weighted by atomic mass is 16.5. The largest absolute Gasteiger partial charge is 0.497 e. The van der Waals surface area contributed by atoms with Gasteiger partial charge >= 0.3 is 0 Å². The Balaban J connectivity index is 1.73. The number of nitrogens with zero attached hydrogens (tertiary/aromatic N) is 2. The van der Waals surface area contributed by atoms with Crippen molar-refractivity contribution in [1.29, 1.82) is 0 Å². The van der Waals surface area contributed by atoms with Crippen LogP contribution in [0, 0.1) is 0 Å². The number of nitrogens with one attached hydrogen (secondary N) is 1. The molecule has 0 fully saturated rings. The smallest absolute Gasteiger partial charge is 0.276 e. The van der Waals surface area contributed by atoms with Gasteiger partial charge in [0, 0.05) is 17.9 Å². The molecule has 1 aromatic heterocycles. The van der Waals surface area contributed by atoms with Crippen molar-refractivity contribution in [2.75, 3.05) is 12.4 Å². The second-order valence-electron chi connectivity index (χ2n) is 4.88. The molecule has 1 aliphatic heterocycles. The lowest BCUT2D eigenvalue weighted by molar-refractivity contribution is 0.102. The first kappa shape index (κ1) is 12.7. The number of rotatable bonds is 3. The van der Waals surface area contributed by atoms with E-state index in [0.29, 0.717) is 5.69 Å². The van der Waals surface area contributed by atoms with Gasteiger partial charge in [0.05, 0.1) is 7.11 Å². The Morgan fingerprint density at radius 3 is 2.80 bits per heavy atom. The standard InChI is InChI=1S/C15H17N3O2/c1-20-13-7-5-11(6-8-13)16-15(19)14-10-12-4-2-3-9-18(12)17-14/h5-8,10H,2-4,9H2,1H3,(H,16,19). The molecule has 1 N–H and O–H groups in total. The number of ether oxygens (including phenoxy) is 1. The van der Waals surface area contributed by atoms with Crippen LogP contribution in [0.2, 0.25) is 0 Å². The van der Waals surface area contributed by atoms with Crippen molar-refractivity contribution < 1.29 is 9.53 Å². The second kappa shape index (κ2) is 5.36. The highest BCUT2D eigenvalue weighted by molar-refractivity contribution is 6.02. The molecular formula is C15H17N3O2. The highest BCUT2D eigenvalue weighted by Gasteiger charge is 2.16. The summed E-state index contributed by atoms with van der Waals surface area (Å²) in [4.78, 5) is 12.2. The summed E-state index contributed by atoms with van der Waals surface area (Å²) in [7, 11) is 1.61. The molecule has 1 amide bonds. The summed E-state index contributed by atoms with van der Waals surface area (Å²) in [5.74, 6) is 0.595. The first-order valence-corrected chi connectivity index (χ1v) is 6.78. The molecule has 1 aliphatic rings. The molecule has 0 unspecified atom stereocenters. The number of aryl methyl sites for hydroxylation is 2. The molecule has 0 aliphatic carbocycles. The van der Waals surface area contributed by atoms with Gasteiger partial charge in [-0.2, -0.15) is 5.10 Å². The van der Waals surface area contributed by atoms with Crippen LogP contribution in [-0.4, -0.2) is 22.8 Å². The van der Waals surface area contributed by atoms with Gasteiger partial charge in [-0.05, 0) is 49.6 Å². The van der Waals surface area contributed by atoms with Gasteiger partial charge in [0.2, 0.25) is 0 Å². The maximum absolute atomic E-state index is 12.2. The molecule has 104 valence electrons. The number of fused-ring (bicyclic) bond motifs is 1. The van der Waals surface area contributed by atoms with Crippen molar-refractivity contribution in [3.63, 3.8) is 0 Å². The molecule has 0 saturated carbocycles. The summed E-state index contributed by atoms with van der Waals surface area (Å²) in [6.07, 6.45) is 3.31. The highest BCUT2D eigenvalue weighted by Crippen LogP contribution is 2.18. The predicted octanol–water partition coefficient (Wildman–Crippen LogP) is 2.48. The zero-order valence-corrected chi connectivity index (χ0v) is 11.4. The fourth-order valence-electron chi connectivity index (χ4n) is 2.40. The van der Waals surface area contributed by atoms with Crippen molar-refractivity contribution in [2.45, 2.75) is 25.8 Å². The Labute approximate surface area is 117 Å². The number of carbonyl (C=O) groups excluding carboxylic acids is 1. The van der Waals surface area contributed by atoms with Crippen molar-refractivity contribution in [3.8, 4) is 5.75 Å². The quantitative estimate of drug-likeness (QED) is 0.933. The van der Waals surface area contributed by atoms with Crippen LogP contribution < -0.4 is 10.1 Å². The molecule has 0 saturated heterocycles. The van der Waals surface area contributed by atoms with E-state index in [9.17, 15) is 4.79 Å². The van der Waals surface area contributed by atoms with Crippen molar-refractivity contribution in [1.82, 2.24) is 9.78 Å². The number of hydrogen-bond acceptors (Lipinski definition) is 3. The van der Waals surface area contributed by atoms with Crippen molar-refractivity contribution in [2.24, 2.45) is 0 Å². The van der Waals surface area contributed by atoms with E-state index in [0.717, 1.165) is 36.5 Å². The number of methoxy groups -OCH3 is 1. The van der Waals surface area contributed by atoms with E-state index in [4.69, 9.17) is 4.74 Å². The lowest BCUT2D eigenvalue weighted by Crippen LogP contribution is -2.14. The SMILES string of the molecule is COc1ccc(NC(=O)c2cc3n(n2)CCCC3)cc1. The van der Waals surface area contributed by atoms with E-state index in [1.54, 1.807) is 7.11 Å². The van der Waals surface area contributed by atoms with Crippen LogP contribution in [-0.2, 0) is 13.0 Å². The lowest BCUT2D eigenvalue weighted by Gasteiger charge is -2.11. The molecule has 2 aromatic rings. The zero-order valence-electron chi connectivity index (χ0n) is 11.4. The summed E-state index contributed by atoms with van der Waals surface area (Å²) in [5, 5.41) is 7.21. The van der Waals surface area contributed by atoms with Crippen LogP contribution in [0.1, 0.15) is 29.0 Å². The topological polar surface area (TPSA) is 56.1 Å². The average Bonchev–Trinajstić information content (AvgIpc) is 2.92. The molecule has 5 nitrogen and oxygen atoms in total. The maximum Gasteiger partial charge on any atom is 0.276 e. The molecule has 0 atom stereocenters. The Hall–Kier alpha value is -2.30. The third-order valence-corrected chi connectivity index (χ3v) is 3.50. The normalized spacial score (nSPS) is 13.7. The van der Waals surface area contributed by atoms with Crippen LogP contribution in [0.5, 0.6) is 5.75 Å². The number of aromatic nitrogens is 2. The summed E-state index contributed by atoms with van der Waals surface area (Å²) in [6.45, 7) is 0.908. The lowest BCUT2D eigenvalue weighted by atomic mass is 10.1. The summed E-state index contributed by atoms with van der Waals surface area (Å²) in [5.41, 5.74) is 2.37. The first-order chi connectivity index (χ1) is 9.76. The van der Waals surface area contributed by atoms with Crippen LogP contribution in [0.15, 0.2) is 30.3 Å².